The third kappa shape index (κ3) is 3.92. The van der Waals surface area contributed by atoms with E-state index in [1.54, 1.807) is 19.1 Å². The van der Waals surface area contributed by atoms with Crippen LogP contribution in [0.25, 0.3) is 0 Å². The van der Waals surface area contributed by atoms with Crippen molar-refractivity contribution < 1.29 is 10.0 Å². The minimum absolute atomic E-state index is 0.0456. The zero-order valence-corrected chi connectivity index (χ0v) is 12.0. The maximum absolute atomic E-state index is 11.2. The Kier molecular flexibility index (Phi) is 5.30. The molecule has 0 aliphatic carbocycles. The smallest absolute Gasteiger partial charge is 0.292 e. The number of benzene rings is 1. The number of nitro groups is 1. The molecule has 1 N–H and O–H groups in total. The molecule has 0 saturated heterocycles. The maximum Gasteiger partial charge on any atom is 0.292 e. The van der Waals surface area contributed by atoms with Gasteiger partial charge in [-0.3, -0.25) is 10.1 Å². The highest BCUT2D eigenvalue weighted by molar-refractivity contribution is 5.64. The summed E-state index contributed by atoms with van der Waals surface area (Å²) in [7, 11) is 1.86. The van der Waals surface area contributed by atoms with Crippen molar-refractivity contribution in [3.63, 3.8) is 0 Å². The number of nitrogens with zero attached hydrogens (tertiary/aromatic N) is 2. The molecule has 5 heteroatoms. The number of rotatable bonds is 6. The normalized spacial score (nSPS) is 13.9. The molecule has 1 unspecified atom stereocenters. The van der Waals surface area contributed by atoms with Crippen molar-refractivity contribution in [2.24, 2.45) is 5.92 Å². The second-order valence-electron chi connectivity index (χ2n) is 5.08. The number of anilines is 1. The van der Waals surface area contributed by atoms with Crippen LogP contribution in [0, 0.1) is 16.0 Å². The summed E-state index contributed by atoms with van der Waals surface area (Å²) in [5, 5.41) is 20.7. The quantitative estimate of drug-likeness (QED) is 0.634. The minimum Gasteiger partial charge on any atom is -0.389 e. The number of hydrogen-bond donors (Lipinski definition) is 1. The third-order valence-electron chi connectivity index (χ3n) is 3.37. The standard InChI is InChI=1S/C14H22N2O3/c1-5-10(2)9-15(4)13-7-6-12(11(3)17)8-14(13)16(18)19/h6-8,10-11,17H,5,9H2,1-4H3/t10?,11-/m0/s1. The van der Waals surface area contributed by atoms with Crippen LogP contribution in [0.2, 0.25) is 0 Å². The number of hydrogen-bond acceptors (Lipinski definition) is 4. The van der Waals surface area contributed by atoms with Gasteiger partial charge in [0.15, 0.2) is 0 Å². The van der Waals surface area contributed by atoms with E-state index in [0.29, 0.717) is 17.2 Å². The maximum atomic E-state index is 11.2. The number of aliphatic hydroxyl groups excluding tert-OH is 1. The third-order valence-corrected chi connectivity index (χ3v) is 3.37. The molecule has 0 heterocycles. The molecule has 0 bridgehead atoms. The molecule has 0 spiro atoms. The van der Waals surface area contributed by atoms with E-state index in [1.165, 1.54) is 6.07 Å². The fourth-order valence-electron chi connectivity index (χ4n) is 1.96. The van der Waals surface area contributed by atoms with E-state index in [4.69, 9.17) is 0 Å². The summed E-state index contributed by atoms with van der Waals surface area (Å²) in [6.07, 6.45) is 0.330. The van der Waals surface area contributed by atoms with Gasteiger partial charge < -0.3 is 10.0 Å². The van der Waals surface area contributed by atoms with Crippen molar-refractivity contribution in [2.75, 3.05) is 18.5 Å². The second kappa shape index (κ2) is 6.52. The van der Waals surface area contributed by atoms with Gasteiger partial charge in [-0.25, -0.2) is 0 Å². The topological polar surface area (TPSA) is 66.6 Å². The summed E-state index contributed by atoms with van der Waals surface area (Å²) in [5.41, 5.74) is 1.20. The van der Waals surface area contributed by atoms with E-state index >= 15 is 0 Å². The van der Waals surface area contributed by atoms with Crippen LogP contribution < -0.4 is 4.90 Å². The summed E-state index contributed by atoms with van der Waals surface area (Å²) >= 11 is 0. The van der Waals surface area contributed by atoms with E-state index in [9.17, 15) is 15.2 Å². The van der Waals surface area contributed by atoms with Crippen molar-refractivity contribution in [1.29, 1.82) is 0 Å². The van der Waals surface area contributed by atoms with Crippen molar-refractivity contribution in [3.05, 3.63) is 33.9 Å². The molecule has 1 aromatic carbocycles. The van der Waals surface area contributed by atoms with Crippen LogP contribution in [0.15, 0.2) is 18.2 Å². The van der Waals surface area contributed by atoms with E-state index < -0.39 is 11.0 Å². The van der Waals surface area contributed by atoms with Crippen molar-refractivity contribution in [1.82, 2.24) is 0 Å². The Morgan fingerprint density at radius 2 is 2.05 bits per heavy atom. The fraction of sp³-hybridized carbons (Fsp3) is 0.571. The Balaban J connectivity index is 3.09. The lowest BCUT2D eigenvalue weighted by Gasteiger charge is -2.23. The Labute approximate surface area is 114 Å². The molecule has 1 aromatic rings. The average molecular weight is 266 g/mol. The van der Waals surface area contributed by atoms with Gasteiger partial charge in [-0.05, 0) is 24.5 Å². The largest absolute Gasteiger partial charge is 0.389 e. The van der Waals surface area contributed by atoms with E-state index in [0.717, 1.165) is 13.0 Å². The van der Waals surface area contributed by atoms with Gasteiger partial charge in [0.05, 0.1) is 11.0 Å². The zero-order chi connectivity index (χ0) is 14.6. The SMILES string of the molecule is CCC(C)CN(C)c1ccc([C@H](C)O)cc1[N+](=O)[O-]. The van der Waals surface area contributed by atoms with Crippen LogP contribution in [-0.2, 0) is 0 Å². The van der Waals surface area contributed by atoms with Crippen molar-refractivity contribution in [3.8, 4) is 0 Å². The minimum atomic E-state index is -0.701. The summed E-state index contributed by atoms with van der Waals surface area (Å²) in [6, 6.07) is 4.90. The van der Waals surface area contributed by atoms with Crippen LogP contribution in [0.3, 0.4) is 0 Å². The summed E-state index contributed by atoms with van der Waals surface area (Å²) in [5.74, 6) is 0.473. The lowest BCUT2D eigenvalue weighted by atomic mass is 10.1. The molecular weight excluding hydrogens is 244 g/mol. The highest BCUT2D eigenvalue weighted by atomic mass is 16.6. The first-order valence-electron chi connectivity index (χ1n) is 6.54. The first-order valence-corrected chi connectivity index (χ1v) is 6.54. The molecule has 1 rings (SSSR count). The summed E-state index contributed by atoms with van der Waals surface area (Å²) < 4.78 is 0. The summed E-state index contributed by atoms with van der Waals surface area (Å²) in [4.78, 5) is 12.7. The summed E-state index contributed by atoms with van der Waals surface area (Å²) in [6.45, 7) is 6.59. The Hall–Kier alpha value is -1.62. The first-order chi connectivity index (χ1) is 8.86. The zero-order valence-electron chi connectivity index (χ0n) is 12.0. The predicted octanol–water partition coefficient (Wildman–Crippen LogP) is 3.13. The monoisotopic (exact) mass is 266 g/mol. The Bertz CT molecular complexity index is 446. The molecular formula is C14H22N2O3. The van der Waals surface area contributed by atoms with Gasteiger partial charge in [-0.2, -0.15) is 0 Å². The van der Waals surface area contributed by atoms with E-state index in [-0.39, 0.29) is 5.69 Å². The molecule has 0 saturated carbocycles. The number of aliphatic hydroxyl groups is 1. The molecule has 106 valence electrons. The van der Waals surface area contributed by atoms with Crippen LogP contribution in [0.1, 0.15) is 38.9 Å². The van der Waals surface area contributed by atoms with E-state index in [2.05, 4.69) is 13.8 Å². The molecule has 0 fully saturated rings. The molecule has 0 aliphatic rings. The van der Waals surface area contributed by atoms with Crippen molar-refractivity contribution in [2.45, 2.75) is 33.3 Å². The van der Waals surface area contributed by atoms with Crippen molar-refractivity contribution >= 4 is 11.4 Å². The molecule has 0 aromatic heterocycles. The lowest BCUT2D eigenvalue weighted by molar-refractivity contribution is -0.384. The molecule has 0 amide bonds. The first kappa shape index (κ1) is 15.4. The van der Waals surface area contributed by atoms with Gasteiger partial charge in [0.1, 0.15) is 5.69 Å². The second-order valence-corrected chi connectivity index (χ2v) is 5.08. The lowest BCUT2D eigenvalue weighted by Crippen LogP contribution is -2.24. The Morgan fingerprint density at radius 1 is 1.42 bits per heavy atom. The highest BCUT2D eigenvalue weighted by Gasteiger charge is 2.19. The molecule has 19 heavy (non-hydrogen) atoms. The van der Waals surface area contributed by atoms with E-state index in [1.807, 2.05) is 11.9 Å². The average Bonchev–Trinajstić information content (AvgIpc) is 2.37. The van der Waals surface area contributed by atoms with Crippen LogP contribution in [0.5, 0.6) is 0 Å². The molecule has 0 aliphatic heterocycles. The van der Waals surface area contributed by atoms with Crippen LogP contribution in [-0.4, -0.2) is 23.6 Å². The van der Waals surface area contributed by atoms with Gasteiger partial charge in [-0.15, -0.1) is 0 Å². The molecule has 5 nitrogen and oxygen atoms in total. The predicted molar refractivity (Wildman–Crippen MR) is 76.5 cm³/mol. The van der Waals surface area contributed by atoms with Crippen LogP contribution in [0.4, 0.5) is 11.4 Å². The van der Waals surface area contributed by atoms with Gasteiger partial charge in [0, 0.05) is 19.7 Å². The molecule has 2 atom stereocenters. The molecule has 0 radical (unpaired) electrons. The van der Waals surface area contributed by atoms with Crippen LogP contribution >= 0.6 is 0 Å². The Morgan fingerprint density at radius 3 is 2.53 bits per heavy atom. The van der Waals surface area contributed by atoms with Gasteiger partial charge in [-0.1, -0.05) is 26.3 Å². The van der Waals surface area contributed by atoms with Gasteiger partial charge in [0.2, 0.25) is 0 Å². The highest BCUT2D eigenvalue weighted by Crippen LogP contribution is 2.31. The number of nitro benzene ring substituents is 1. The fourth-order valence-corrected chi connectivity index (χ4v) is 1.96. The van der Waals surface area contributed by atoms with Gasteiger partial charge >= 0.3 is 0 Å². The van der Waals surface area contributed by atoms with Gasteiger partial charge in [0.25, 0.3) is 5.69 Å².